The second kappa shape index (κ2) is 11.3. The summed E-state index contributed by atoms with van der Waals surface area (Å²) in [6.07, 6.45) is 1.27. The molecule has 0 aliphatic rings. The molecule has 0 spiro atoms. The molecule has 2 rings (SSSR count). The van der Waals surface area contributed by atoms with Gasteiger partial charge in [-0.05, 0) is 50.3 Å². The number of nitrogens with two attached hydrogens (primary N) is 2. The quantitative estimate of drug-likeness (QED) is 0.389. The molecule has 0 bridgehead atoms. The van der Waals surface area contributed by atoms with Crippen molar-refractivity contribution in [2.24, 2.45) is 17.4 Å². The second-order valence-corrected chi connectivity index (χ2v) is 10.5. The average molecular weight is 475 g/mol. The van der Waals surface area contributed by atoms with E-state index < -0.39 is 17.5 Å². The van der Waals surface area contributed by atoms with Crippen LogP contribution < -0.4 is 22.1 Å². The Balaban J connectivity index is 2.04. The van der Waals surface area contributed by atoms with Gasteiger partial charge in [0.1, 0.15) is 16.6 Å². The first-order valence-corrected chi connectivity index (χ1v) is 11.7. The maximum atomic E-state index is 12.6. The van der Waals surface area contributed by atoms with Gasteiger partial charge in [0.25, 0.3) is 5.91 Å². The molecule has 0 saturated carbocycles. The number of rotatable bonds is 10. The average Bonchev–Trinajstić information content (AvgIpc) is 3.06. The van der Waals surface area contributed by atoms with Gasteiger partial charge in [0, 0.05) is 17.8 Å². The summed E-state index contributed by atoms with van der Waals surface area (Å²) in [5.41, 5.74) is 12.3. The fourth-order valence-corrected chi connectivity index (χ4v) is 4.34. The van der Waals surface area contributed by atoms with E-state index in [1.165, 1.54) is 11.3 Å². The van der Waals surface area contributed by atoms with E-state index in [4.69, 9.17) is 16.2 Å². The van der Waals surface area contributed by atoms with Crippen LogP contribution in [0.4, 0.5) is 9.80 Å². The van der Waals surface area contributed by atoms with Crippen molar-refractivity contribution in [3.05, 3.63) is 51.9 Å². The summed E-state index contributed by atoms with van der Waals surface area (Å²) in [6, 6.07) is 8.53. The van der Waals surface area contributed by atoms with E-state index in [1.54, 1.807) is 6.07 Å². The number of benzene rings is 1. The molecule has 180 valence electrons. The zero-order valence-corrected chi connectivity index (χ0v) is 20.7. The predicted molar refractivity (Wildman–Crippen MR) is 131 cm³/mol. The van der Waals surface area contributed by atoms with Gasteiger partial charge in [-0.2, -0.15) is 0 Å². The van der Waals surface area contributed by atoms with E-state index in [2.05, 4.69) is 24.5 Å². The number of carbonyl (C=O) groups is 3. The Hall–Kier alpha value is -2.91. The zero-order valence-electron chi connectivity index (χ0n) is 19.9. The fourth-order valence-electron chi connectivity index (χ4n) is 3.24. The number of primary amides is 2. The van der Waals surface area contributed by atoms with E-state index in [0.717, 1.165) is 16.0 Å². The monoisotopic (exact) mass is 474 g/mol. The Kier molecular flexibility index (Phi) is 9.01. The van der Waals surface area contributed by atoms with Crippen molar-refractivity contribution in [1.82, 2.24) is 5.32 Å². The highest BCUT2D eigenvalue weighted by Crippen LogP contribution is 2.29. The number of nitrogens with one attached hydrogen (secondary N) is 2. The second-order valence-electron chi connectivity index (χ2n) is 9.40. The Morgan fingerprint density at radius 2 is 1.67 bits per heavy atom. The fraction of sp³-hybridized carbons (Fsp3) is 0.458. The first-order chi connectivity index (χ1) is 15.3. The van der Waals surface area contributed by atoms with Crippen LogP contribution in [0.2, 0.25) is 0 Å². The summed E-state index contributed by atoms with van der Waals surface area (Å²) < 4.78 is 5.56. The lowest BCUT2D eigenvalue weighted by Crippen LogP contribution is -2.41. The van der Waals surface area contributed by atoms with Gasteiger partial charge in [-0.3, -0.25) is 14.9 Å². The van der Waals surface area contributed by atoms with Crippen LogP contribution in [0.15, 0.2) is 30.3 Å². The number of ether oxygens (including phenoxy) is 1. The standard InChI is InChI=1S/C24H34N4O4S/c1-14(2)10-19(22(30)32-24(3,4)5)27-13-16-8-6-15(7-9-16)11-17-12-18(20(25)29)21(33-17)28-23(26)31/h6-9,12,14,19,27H,10-11,13H2,1-5H3,(H2,25,29)(H3,26,28,31). The normalized spacial score (nSPS) is 12.4. The Morgan fingerprint density at radius 1 is 1.06 bits per heavy atom. The summed E-state index contributed by atoms with van der Waals surface area (Å²) in [4.78, 5) is 36.2. The molecule has 9 heteroatoms. The summed E-state index contributed by atoms with van der Waals surface area (Å²) >= 11 is 1.27. The molecular formula is C24H34N4O4S. The number of hydrogen-bond donors (Lipinski definition) is 4. The molecule has 1 aromatic heterocycles. The lowest BCUT2D eigenvalue weighted by molar-refractivity contribution is -0.158. The lowest BCUT2D eigenvalue weighted by atomic mass is 10.0. The number of urea groups is 1. The van der Waals surface area contributed by atoms with Crippen LogP contribution in [0.5, 0.6) is 0 Å². The SMILES string of the molecule is CC(C)CC(NCc1ccc(Cc2cc(C(N)=O)c(NC(N)=O)s2)cc1)C(=O)OC(C)(C)C. The van der Waals surface area contributed by atoms with E-state index in [9.17, 15) is 14.4 Å². The van der Waals surface area contributed by atoms with Crippen LogP contribution in [0.3, 0.4) is 0 Å². The molecule has 3 amide bonds. The van der Waals surface area contributed by atoms with Crippen LogP contribution in [0.1, 0.15) is 67.4 Å². The first-order valence-electron chi connectivity index (χ1n) is 10.9. The molecule has 0 aliphatic heterocycles. The molecule has 0 fully saturated rings. The maximum absolute atomic E-state index is 12.6. The van der Waals surface area contributed by atoms with E-state index in [0.29, 0.717) is 30.3 Å². The van der Waals surface area contributed by atoms with Crippen molar-refractivity contribution in [1.29, 1.82) is 0 Å². The van der Waals surface area contributed by atoms with Crippen molar-refractivity contribution in [3.8, 4) is 0 Å². The summed E-state index contributed by atoms with van der Waals surface area (Å²) in [5, 5.41) is 6.12. The molecule has 1 unspecified atom stereocenters. The molecule has 0 aliphatic carbocycles. The minimum atomic E-state index is -0.745. The topological polar surface area (TPSA) is 137 Å². The zero-order chi connectivity index (χ0) is 24.8. The van der Waals surface area contributed by atoms with Gasteiger partial charge in [-0.25, -0.2) is 4.79 Å². The van der Waals surface area contributed by atoms with Crippen LogP contribution in [-0.4, -0.2) is 29.6 Å². The van der Waals surface area contributed by atoms with E-state index in [1.807, 2.05) is 45.0 Å². The predicted octanol–water partition coefficient (Wildman–Crippen LogP) is 3.77. The molecular weight excluding hydrogens is 440 g/mol. The van der Waals surface area contributed by atoms with Crippen molar-refractivity contribution in [2.75, 3.05) is 5.32 Å². The number of carbonyl (C=O) groups excluding carboxylic acids is 3. The molecule has 0 radical (unpaired) electrons. The highest BCUT2D eigenvalue weighted by atomic mass is 32.1. The third-order valence-electron chi connectivity index (χ3n) is 4.64. The number of esters is 1. The molecule has 33 heavy (non-hydrogen) atoms. The van der Waals surface area contributed by atoms with Gasteiger partial charge >= 0.3 is 12.0 Å². The third-order valence-corrected chi connectivity index (χ3v) is 5.69. The molecule has 1 heterocycles. The van der Waals surface area contributed by atoms with Gasteiger partial charge in [-0.1, -0.05) is 38.1 Å². The highest BCUT2D eigenvalue weighted by molar-refractivity contribution is 7.16. The third kappa shape index (κ3) is 8.86. The molecule has 1 aromatic carbocycles. The lowest BCUT2D eigenvalue weighted by Gasteiger charge is -2.25. The number of thiophene rings is 1. The molecule has 2 aromatic rings. The number of amides is 3. The molecule has 0 saturated heterocycles. The van der Waals surface area contributed by atoms with E-state index in [-0.39, 0.29) is 17.6 Å². The summed E-state index contributed by atoms with van der Waals surface area (Å²) in [5.74, 6) is -0.512. The van der Waals surface area contributed by atoms with E-state index >= 15 is 0 Å². The summed E-state index contributed by atoms with van der Waals surface area (Å²) in [6.45, 7) is 10.3. The van der Waals surface area contributed by atoms with Crippen molar-refractivity contribution in [2.45, 2.75) is 65.6 Å². The van der Waals surface area contributed by atoms with Crippen molar-refractivity contribution < 1.29 is 19.1 Å². The Bertz CT molecular complexity index is 977. The smallest absolute Gasteiger partial charge is 0.323 e. The minimum absolute atomic E-state index is 0.240. The highest BCUT2D eigenvalue weighted by Gasteiger charge is 2.25. The molecule has 6 N–H and O–H groups in total. The van der Waals surface area contributed by atoms with Gasteiger partial charge in [0.2, 0.25) is 0 Å². The van der Waals surface area contributed by atoms with Gasteiger partial charge in [-0.15, -0.1) is 11.3 Å². The van der Waals surface area contributed by atoms with Gasteiger partial charge in [0.05, 0.1) is 5.56 Å². The van der Waals surface area contributed by atoms with Crippen molar-refractivity contribution >= 4 is 34.2 Å². The first kappa shape index (κ1) is 26.3. The maximum Gasteiger partial charge on any atom is 0.323 e. The largest absolute Gasteiger partial charge is 0.459 e. The van der Waals surface area contributed by atoms with Crippen LogP contribution in [0.25, 0.3) is 0 Å². The summed E-state index contributed by atoms with van der Waals surface area (Å²) in [7, 11) is 0. The van der Waals surface area contributed by atoms with Crippen LogP contribution in [-0.2, 0) is 22.5 Å². The number of hydrogen-bond acceptors (Lipinski definition) is 6. The van der Waals surface area contributed by atoms with Crippen molar-refractivity contribution in [3.63, 3.8) is 0 Å². The molecule has 1 atom stereocenters. The van der Waals surface area contributed by atoms with Gasteiger partial charge < -0.3 is 21.5 Å². The Morgan fingerprint density at radius 3 is 2.18 bits per heavy atom. The Labute approximate surface area is 199 Å². The minimum Gasteiger partial charge on any atom is -0.459 e. The van der Waals surface area contributed by atoms with Crippen LogP contribution in [0, 0.1) is 5.92 Å². The van der Waals surface area contributed by atoms with Gasteiger partial charge in [0.15, 0.2) is 0 Å². The van der Waals surface area contributed by atoms with Crippen LogP contribution >= 0.6 is 11.3 Å². The number of anilines is 1. The molecule has 8 nitrogen and oxygen atoms in total.